The third-order valence-corrected chi connectivity index (χ3v) is 7.68. The molecule has 0 saturated carbocycles. The summed E-state index contributed by atoms with van der Waals surface area (Å²) < 4.78 is 44.9. The summed E-state index contributed by atoms with van der Waals surface area (Å²) in [6.07, 6.45) is -1.02. The van der Waals surface area contributed by atoms with Crippen LogP contribution in [0.25, 0.3) is 0 Å². The molecule has 0 aromatic heterocycles. The zero-order chi connectivity index (χ0) is 25.0. The van der Waals surface area contributed by atoms with E-state index in [1.165, 1.54) is 23.5 Å². The van der Waals surface area contributed by atoms with Crippen LogP contribution >= 0.6 is 0 Å². The van der Waals surface area contributed by atoms with Gasteiger partial charge in [-0.3, -0.25) is 9.10 Å². The summed E-state index contributed by atoms with van der Waals surface area (Å²) in [7, 11) is -2.43. The minimum absolute atomic E-state index is 0.0936. The van der Waals surface area contributed by atoms with Crippen molar-refractivity contribution in [2.75, 3.05) is 31.1 Å². The second kappa shape index (κ2) is 10.3. The predicted molar refractivity (Wildman–Crippen MR) is 133 cm³/mol. The summed E-state index contributed by atoms with van der Waals surface area (Å²) >= 11 is 0. The molecule has 0 spiro atoms. The van der Waals surface area contributed by atoms with Gasteiger partial charge in [0.05, 0.1) is 30.8 Å². The minimum atomic E-state index is -3.94. The Morgan fingerprint density at radius 1 is 1.06 bits per heavy atom. The van der Waals surface area contributed by atoms with E-state index >= 15 is 0 Å². The van der Waals surface area contributed by atoms with Crippen LogP contribution < -0.4 is 23.8 Å². The van der Waals surface area contributed by atoms with E-state index in [1.54, 1.807) is 36.4 Å². The summed E-state index contributed by atoms with van der Waals surface area (Å²) in [5, 5.41) is 2.79. The van der Waals surface area contributed by atoms with Gasteiger partial charge in [0.25, 0.3) is 15.9 Å². The topological polar surface area (TPSA) is 94.2 Å². The Morgan fingerprint density at radius 3 is 2.54 bits per heavy atom. The van der Waals surface area contributed by atoms with Crippen LogP contribution in [0.4, 0.5) is 5.69 Å². The molecule has 1 N–H and O–H groups in total. The fraction of sp³-hybridized carbons (Fsp3) is 0.269. The van der Waals surface area contributed by atoms with Gasteiger partial charge in [-0.2, -0.15) is 0 Å². The van der Waals surface area contributed by atoms with E-state index in [9.17, 15) is 13.2 Å². The number of nitrogens with one attached hydrogen (secondary N) is 1. The van der Waals surface area contributed by atoms with Crippen molar-refractivity contribution in [3.05, 3.63) is 77.9 Å². The lowest BCUT2D eigenvalue weighted by atomic mass is 10.1. The third-order valence-electron chi connectivity index (χ3n) is 5.89. The number of hydrogen-bond acceptors (Lipinski definition) is 6. The van der Waals surface area contributed by atoms with Gasteiger partial charge >= 0.3 is 0 Å². The first kappa shape index (κ1) is 24.4. The zero-order valence-electron chi connectivity index (χ0n) is 19.9. The molecule has 3 aromatic carbocycles. The van der Waals surface area contributed by atoms with Gasteiger partial charge < -0.3 is 19.5 Å². The third kappa shape index (κ3) is 5.19. The standard InChI is InChI=1S/C26H28N2O6S/c1-18-7-6-10-23(19(18)2)33-16-15-27-26(29)25-17-28(22-8-4-5-9-24(22)34-25)35(30,31)21-13-11-20(32-3)12-14-21/h4-14,25H,15-17H2,1-3H3,(H,27,29). The molecule has 0 saturated heterocycles. The van der Waals surface area contributed by atoms with E-state index in [0.717, 1.165) is 16.9 Å². The predicted octanol–water partition coefficient (Wildman–Crippen LogP) is 3.46. The number of aryl methyl sites for hydroxylation is 1. The number of carbonyl (C=O) groups is 1. The number of carbonyl (C=O) groups excluding carboxylic acids is 1. The molecule has 0 aliphatic carbocycles. The van der Waals surface area contributed by atoms with Crippen LogP contribution in [-0.2, 0) is 14.8 Å². The molecule has 0 radical (unpaired) electrons. The lowest BCUT2D eigenvalue weighted by Gasteiger charge is -2.34. The molecule has 1 aliphatic rings. The first-order valence-corrected chi connectivity index (χ1v) is 12.6. The van der Waals surface area contributed by atoms with Crippen molar-refractivity contribution in [1.29, 1.82) is 0 Å². The van der Waals surface area contributed by atoms with Gasteiger partial charge in [-0.15, -0.1) is 0 Å². The lowest BCUT2D eigenvalue weighted by molar-refractivity contribution is -0.127. The van der Waals surface area contributed by atoms with E-state index in [4.69, 9.17) is 14.2 Å². The van der Waals surface area contributed by atoms with Crippen molar-refractivity contribution in [3.63, 3.8) is 0 Å². The smallest absolute Gasteiger partial charge is 0.264 e. The number of amides is 1. The van der Waals surface area contributed by atoms with Crippen molar-refractivity contribution >= 4 is 21.6 Å². The van der Waals surface area contributed by atoms with Gasteiger partial charge in [0.15, 0.2) is 6.10 Å². The molecule has 1 heterocycles. The minimum Gasteiger partial charge on any atom is -0.497 e. The summed E-state index contributed by atoms with van der Waals surface area (Å²) in [6.45, 7) is 4.35. The average molecular weight is 497 g/mol. The highest BCUT2D eigenvalue weighted by molar-refractivity contribution is 7.92. The van der Waals surface area contributed by atoms with Gasteiger partial charge in [0.2, 0.25) is 0 Å². The number of rotatable bonds is 8. The molecule has 0 fully saturated rings. The van der Waals surface area contributed by atoms with Gasteiger partial charge in [0.1, 0.15) is 23.9 Å². The maximum absolute atomic E-state index is 13.5. The Hall–Kier alpha value is -3.72. The van der Waals surface area contributed by atoms with E-state index in [0.29, 0.717) is 17.2 Å². The summed E-state index contributed by atoms with van der Waals surface area (Å²) in [4.78, 5) is 13.0. The van der Waals surface area contributed by atoms with Crippen molar-refractivity contribution in [2.24, 2.45) is 0 Å². The Balaban J connectivity index is 1.46. The maximum Gasteiger partial charge on any atom is 0.264 e. The van der Waals surface area contributed by atoms with Gasteiger partial charge in [-0.1, -0.05) is 24.3 Å². The molecule has 1 atom stereocenters. The highest BCUT2D eigenvalue weighted by Gasteiger charge is 2.37. The molecule has 1 aliphatic heterocycles. The van der Waals surface area contributed by atoms with Gasteiger partial charge in [-0.05, 0) is 67.4 Å². The molecule has 35 heavy (non-hydrogen) atoms. The number of methoxy groups -OCH3 is 1. The number of sulfonamides is 1. The fourth-order valence-corrected chi connectivity index (χ4v) is 5.25. The number of fused-ring (bicyclic) bond motifs is 1. The lowest BCUT2D eigenvalue weighted by Crippen LogP contribution is -2.51. The molecule has 3 aromatic rings. The fourth-order valence-electron chi connectivity index (χ4n) is 3.77. The molecular weight excluding hydrogens is 468 g/mol. The summed E-state index contributed by atoms with van der Waals surface area (Å²) in [5.74, 6) is 1.21. The molecule has 1 unspecified atom stereocenters. The number of ether oxygens (including phenoxy) is 3. The Labute approximate surface area is 205 Å². The van der Waals surface area contributed by atoms with Crippen LogP contribution in [-0.4, -0.2) is 47.2 Å². The largest absolute Gasteiger partial charge is 0.497 e. The first-order valence-electron chi connectivity index (χ1n) is 11.2. The van der Waals surface area contributed by atoms with E-state index < -0.39 is 22.0 Å². The second-order valence-electron chi connectivity index (χ2n) is 8.12. The Morgan fingerprint density at radius 2 is 1.80 bits per heavy atom. The van der Waals surface area contributed by atoms with Gasteiger partial charge in [-0.25, -0.2) is 8.42 Å². The molecule has 184 valence electrons. The van der Waals surface area contributed by atoms with Gasteiger partial charge in [0, 0.05) is 0 Å². The monoisotopic (exact) mass is 496 g/mol. The quantitative estimate of drug-likeness (QED) is 0.480. The van der Waals surface area contributed by atoms with Crippen LogP contribution in [0, 0.1) is 13.8 Å². The highest BCUT2D eigenvalue weighted by atomic mass is 32.2. The van der Waals surface area contributed by atoms with Crippen LogP contribution in [0.5, 0.6) is 17.2 Å². The van der Waals surface area contributed by atoms with Crippen LogP contribution in [0.2, 0.25) is 0 Å². The average Bonchev–Trinajstić information content (AvgIpc) is 2.88. The number of benzene rings is 3. The molecule has 9 heteroatoms. The Kier molecular flexibility index (Phi) is 7.16. The van der Waals surface area contributed by atoms with Crippen LogP contribution in [0.1, 0.15) is 11.1 Å². The van der Waals surface area contributed by atoms with Crippen LogP contribution in [0.3, 0.4) is 0 Å². The highest BCUT2D eigenvalue weighted by Crippen LogP contribution is 2.37. The molecular formula is C26H28N2O6S. The van der Waals surface area contributed by atoms with Crippen LogP contribution in [0.15, 0.2) is 71.6 Å². The Bertz CT molecular complexity index is 1310. The second-order valence-corrected chi connectivity index (χ2v) is 9.99. The first-order chi connectivity index (χ1) is 16.8. The number of hydrogen-bond donors (Lipinski definition) is 1. The number of nitrogens with zero attached hydrogens (tertiary/aromatic N) is 1. The van der Waals surface area contributed by atoms with E-state index in [-0.39, 0.29) is 24.6 Å². The summed E-state index contributed by atoms with van der Waals surface area (Å²) in [6, 6.07) is 18.7. The maximum atomic E-state index is 13.5. The number of anilines is 1. The van der Waals surface area contributed by atoms with Crippen molar-refractivity contribution in [1.82, 2.24) is 5.32 Å². The van der Waals surface area contributed by atoms with E-state index in [2.05, 4.69) is 5.32 Å². The normalized spacial score (nSPS) is 15.1. The zero-order valence-corrected chi connectivity index (χ0v) is 20.7. The summed E-state index contributed by atoms with van der Waals surface area (Å²) in [5.41, 5.74) is 2.55. The molecule has 8 nitrogen and oxygen atoms in total. The molecule has 0 bridgehead atoms. The van der Waals surface area contributed by atoms with Crippen molar-refractivity contribution < 1.29 is 27.4 Å². The van der Waals surface area contributed by atoms with E-state index in [1.807, 2.05) is 32.0 Å². The van der Waals surface area contributed by atoms with Crippen molar-refractivity contribution in [2.45, 2.75) is 24.8 Å². The SMILES string of the molecule is COc1ccc(S(=O)(=O)N2CC(C(=O)NCCOc3cccc(C)c3C)Oc3ccccc32)cc1. The molecule has 1 amide bonds. The van der Waals surface area contributed by atoms with Crippen molar-refractivity contribution in [3.8, 4) is 17.2 Å². The number of para-hydroxylation sites is 2. The molecule has 4 rings (SSSR count).